The summed E-state index contributed by atoms with van der Waals surface area (Å²) in [6.45, 7) is 1.94. The Morgan fingerprint density at radius 2 is 1.86 bits per heavy atom. The number of hydrogen-bond acceptors (Lipinski definition) is 2. The fourth-order valence-corrected chi connectivity index (χ4v) is 2.33. The number of nitrogens with zero attached hydrogens (tertiary/aromatic N) is 1. The highest BCUT2D eigenvalue weighted by atomic mass is 127. The van der Waals surface area contributed by atoms with Crippen molar-refractivity contribution in [3.05, 3.63) is 68.8 Å². The fraction of sp³-hybridized carbons (Fsp3) is 0.0588. The van der Waals surface area contributed by atoms with E-state index in [9.17, 15) is 10.1 Å². The number of hydrogen-bond donors (Lipinski definition) is 1. The van der Waals surface area contributed by atoms with Crippen molar-refractivity contribution in [2.45, 2.75) is 6.92 Å². The van der Waals surface area contributed by atoms with Gasteiger partial charge in [0, 0.05) is 3.57 Å². The molecule has 0 radical (unpaired) electrons. The van der Waals surface area contributed by atoms with Crippen molar-refractivity contribution in [3.8, 4) is 6.07 Å². The molecule has 0 unspecified atom stereocenters. The Morgan fingerprint density at radius 1 is 1.19 bits per heavy atom. The monoisotopic (exact) mass is 388 g/mol. The molecule has 0 aliphatic heterocycles. The first-order valence-electron chi connectivity index (χ1n) is 6.35. The van der Waals surface area contributed by atoms with E-state index in [0.717, 1.165) is 14.7 Å². The molecular formula is C17H13IN2O. The summed E-state index contributed by atoms with van der Waals surface area (Å²) >= 11 is 2.14. The van der Waals surface area contributed by atoms with Gasteiger partial charge in [0.1, 0.15) is 11.6 Å². The lowest BCUT2D eigenvalue weighted by molar-refractivity contribution is -0.112. The van der Waals surface area contributed by atoms with Crippen LogP contribution in [0.2, 0.25) is 0 Å². The third-order valence-corrected chi connectivity index (χ3v) is 3.92. The van der Waals surface area contributed by atoms with Crippen molar-refractivity contribution in [2.24, 2.45) is 0 Å². The Hall–Kier alpha value is -2.13. The zero-order chi connectivity index (χ0) is 15.2. The molecule has 2 aromatic rings. The van der Waals surface area contributed by atoms with Crippen LogP contribution in [0.3, 0.4) is 0 Å². The summed E-state index contributed by atoms with van der Waals surface area (Å²) in [6.07, 6.45) is 1.61. The molecule has 21 heavy (non-hydrogen) atoms. The fourth-order valence-electron chi connectivity index (χ4n) is 1.81. The third-order valence-electron chi connectivity index (χ3n) is 2.98. The predicted molar refractivity (Wildman–Crippen MR) is 92.6 cm³/mol. The van der Waals surface area contributed by atoms with Gasteiger partial charge in [-0.1, -0.05) is 36.4 Å². The molecule has 2 aromatic carbocycles. The van der Waals surface area contributed by atoms with Crippen LogP contribution in [0.4, 0.5) is 5.69 Å². The van der Waals surface area contributed by atoms with Crippen molar-refractivity contribution < 1.29 is 4.79 Å². The Kier molecular flexibility index (Phi) is 5.12. The molecule has 0 atom stereocenters. The maximum atomic E-state index is 12.2. The second-order valence-electron chi connectivity index (χ2n) is 4.46. The number of halogens is 1. The minimum absolute atomic E-state index is 0.0870. The van der Waals surface area contributed by atoms with Crippen LogP contribution in [-0.2, 0) is 4.79 Å². The van der Waals surface area contributed by atoms with Crippen LogP contribution in [0.1, 0.15) is 11.1 Å². The van der Waals surface area contributed by atoms with Crippen LogP contribution < -0.4 is 5.32 Å². The van der Waals surface area contributed by atoms with Crippen LogP contribution >= 0.6 is 22.6 Å². The summed E-state index contributed by atoms with van der Waals surface area (Å²) in [5.74, 6) is -0.398. The maximum absolute atomic E-state index is 12.2. The topological polar surface area (TPSA) is 52.9 Å². The molecule has 4 heteroatoms. The van der Waals surface area contributed by atoms with E-state index in [1.54, 1.807) is 6.08 Å². The molecular weight excluding hydrogens is 375 g/mol. The number of carbonyl (C=O) groups excluding carboxylic acids is 1. The van der Waals surface area contributed by atoms with Gasteiger partial charge in [0.2, 0.25) is 0 Å². The van der Waals surface area contributed by atoms with Gasteiger partial charge in [0.25, 0.3) is 5.91 Å². The zero-order valence-electron chi connectivity index (χ0n) is 11.4. The average molecular weight is 388 g/mol. The van der Waals surface area contributed by atoms with E-state index in [1.807, 2.05) is 61.5 Å². The quantitative estimate of drug-likeness (QED) is 0.488. The number of anilines is 1. The lowest BCUT2D eigenvalue weighted by Crippen LogP contribution is -2.14. The second kappa shape index (κ2) is 7.04. The van der Waals surface area contributed by atoms with E-state index in [0.29, 0.717) is 5.69 Å². The van der Waals surface area contributed by atoms with Crippen LogP contribution in [0.25, 0.3) is 6.08 Å². The van der Waals surface area contributed by atoms with Crippen molar-refractivity contribution >= 4 is 40.3 Å². The van der Waals surface area contributed by atoms with E-state index in [4.69, 9.17) is 0 Å². The Balaban J connectivity index is 2.26. The third kappa shape index (κ3) is 3.92. The van der Waals surface area contributed by atoms with Crippen LogP contribution in [-0.4, -0.2) is 5.91 Å². The van der Waals surface area contributed by atoms with Crippen molar-refractivity contribution in [1.82, 2.24) is 0 Å². The molecule has 0 fully saturated rings. The van der Waals surface area contributed by atoms with Crippen molar-refractivity contribution in [3.63, 3.8) is 0 Å². The summed E-state index contributed by atoms with van der Waals surface area (Å²) in [5.41, 5.74) is 2.68. The van der Waals surface area contributed by atoms with E-state index < -0.39 is 5.91 Å². The first kappa shape index (κ1) is 15.3. The molecule has 0 spiro atoms. The SMILES string of the molecule is Cc1ccccc1/C=C(/C#N)C(=O)Nc1ccccc1I. The highest BCUT2D eigenvalue weighted by Gasteiger charge is 2.11. The minimum Gasteiger partial charge on any atom is -0.320 e. The molecule has 1 N–H and O–H groups in total. The standard InChI is InChI=1S/C17H13IN2O/c1-12-6-2-3-7-13(12)10-14(11-19)17(21)20-16-9-5-4-8-15(16)18/h2-10H,1H3,(H,20,21)/b14-10-. The van der Waals surface area contributed by atoms with E-state index >= 15 is 0 Å². The lowest BCUT2D eigenvalue weighted by atomic mass is 10.1. The molecule has 1 amide bonds. The van der Waals surface area contributed by atoms with E-state index in [2.05, 4.69) is 27.9 Å². The van der Waals surface area contributed by atoms with Crippen LogP contribution in [0, 0.1) is 21.8 Å². The highest BCUT2D eigenvalue weighted by molar-refractivity contribution is 14.1. The number of amides is 1. The number of nitriles is 1. The molecule has 0 saturated heterocycles. The van der Waals surface area contributed by atoms with Gasteiger partial charge in [-0.2, -0.15) is 5.26 Å². The van der Waals surface area contributed by atoms with Gasteiger partial charge in [-0.15, -0.1) is 0 Å². The number of rotatable bonds is 3. The summed E-state index contributed by atoms with van der Waals surface area (Å²) in [6, 6.07) is 17.0. The van der Waals surface area contributed by atoms with E-state index in [-0.39, 0.29) is 5.57 Å². The number of carbonyl (C=O) groups is 1. The van der Waals surface area contributed by atoms with Gasteiger partial charge in [-0.25, -0.2) is 0 Å². The lowest BCUT2D eigenvalue weighted by Gasteiger charge is -2.06. The van der Waals surface area contributed by atoms with Gasteiger partial charge >= 0.3 is 0 Å². The molecule has 104 valence electrons. The molecule has 0 aliphatic carbocycles. The first-order valence-corrected chi connectivity index (χ1v) is 7.43. The van der Waals surface area contributed by atoms with Gasteiger partial charge in [0.15, 0.2) is 0 Å². The Labute approximate surface area is 137 Å². The van der Waals surface area contributed by atoms with E-state index in [1.165, 1.54) is 0 Å². The van der Waals surface area contributed by atoms with Gasteiger partial charge in [-0.05, 0) is 58.9 Å². The van der Waals surface area contributed by atoms with Crippen molar-refractivity contribution in [2.75, 3.05) is 5.32 Å². The predicted octanol–water partition coefficient (Wildman–Crippen LogP) is 4.15. The number of nitrogens with one attached hydrogen (secondary N) is 1. The Bertz CT molecular complexity index is 744. The molecule has 2 rings (SSSR count). The smallest absolute Gasteiger partial charge is 0.266 e. The molecule has 0 aromatic heterocycles. The largest absolute Gasteiger partial charge is 0.320 e. The highest BCUT2D eigenvalue weighted by Crippen LogP contribution is 2.18. The minimum atomic E-state index is -0.398. The second-order valence-corrected chi connectivity index (χ2v) is 5.62. The van der Waals surface area contributed by atoms with Gasteiger partial charge in [0.05, 0.1) is 5.69 Å². The molecule has 0 aliphatic rings. The molecule has 0 saturated carbocycles. The number of benzene rings is 2. The van der Waals surface area contributed by atoms with Gasteiger partial charge in [-0.3, -0.25) is 4.79 Å². The molecule has 0 heterocycles. The summed E-state index contributed by atoms with van der Waals surface area (Å²) < 4.78 is 0.927. The average Bonchev–Trinajstić information content (AvgIpc) is 2.48. The zero-order valence-corrected chi connectivity index (χ0v) is 13.6. The van der Waals surface area contributed by atoms with Crippen LogP contribution in [0.5, 0.6) is 0 Å². The summed E-state index contributed by atoms with van der Waals surface area (Å²) in [5, 5.41) is 12.0. The molecule has 0 bridgehead atoms. The summed E-state index contributed by atoms with van der Waals surface area (Å²) in [4.78, 5) is 12.2. The van der Waals surface area contributed by atoms with Crippen LogP contribution in [0.15, 0.2) is 54.1 Å². The number of para-hydroxylation sites is 1. The number of aryl methyl sites for hydroxylation is 1. The maximum Gasteiger partial charge on any atom is 0.266 e. The van der Waals surface area contributed by atoms with Crippen molar-refractivity contribution in [1.29, 1.82) is 5.26 Å². The first-order chi connectivity index (χ1) is 10.1. The Morgan fingerprint density at radius 3 is 2.52 bits per heavy atom. The normalized spacial score (nSPS) is 10.8. The molecule has 3 nitrogen and oxygen atoms in total. The van der Waals surface area contributed by atoms with Gasteiger partial charge < -0.3 is 5.32 Å². The summed E-state index contributed by atoms with van der Waals surface area (Å²) in [7, 11) is 0.